The number of carbonyl (C=O) groups excluding carboxylic acids is 1. The number of hydrogen-bond acceptors (Lipinski definition) is 3. The molecule has 0 aliphatic heterocycles. The predicted molar refractivity (Wildman–Crippen MR) is 85.0 cm³/mol. The van der Waals surface area contributed by atoms with Crippen molar-refractivity contribution >= 4 is 40.1 Å². The summed E-state index contributed by atoms with van der Waals surface area (Å²) in [6, 6.07) is 8.99. The average Bonchev–Trinajstić information content (AvgIpc) is 2.87. The van der Waals surface area contributed by atoms with Crippen LogP contribution in [0.4, 0.5) is 0 Å². The van der Waals surface area contributed by atoms with E-state index in [0.29, 0.717) is 20.9 Å². The highest BCUT2D eigenvalue weighted by atomic mass is 127. The Morgan fingerprint density at radius 1 is 1.40 bits per heavy atom. The van der Waals surface area contributed by atoms with Crippen LogP contribution >= 0.6 is 34.2 Å². The number of carbonyl (C=O) groups is 1. The number of rotatable bonds is 5. The molecule has 1 aromatic carbocycles. The van der Waals surface area contributed by atoms with E-state index in [9.17, 15) is 4.79 Å². The van der Waals surface area contributed by atoms with Gasteiger partial charge in [-0.05, 0) is 23.8 Å². The number of amides is 1. The van der Waals surface area contributed by atoms with Crippen LogP contribution in [0.15, 0.2) is 41.0 Å². The third-order valence-corrected chi connectivity index (χ3v) is 3.92. The Kier molecular flexibility index (Phi) is 5.45. The molecule has 20 heavy (non-hydrogen) atoms. The van der Waals surface area contributed by atoms with Gasteiger partial charge in [-0.2, -0.15) is 0 Å². The van der Waals surface area contributed by atoms with Crippen molar-refractivity contribution in [2.24, 2.45) is 0 Å². The number of nitrogens with one attached hydrogen (secondary N) is 1. The zero-order valence-corrected chi connectivity index (χ0v) is 13.6. The molecule has 0 fully saturated rings. The van der Waals surface area contributed by atoms with Gasteiger partial charge < -0.3 is 14.5 Å². The summed E-state index contributed by atoms with van der Waals surface area (Å²) in [4.78, 5) is 12.0. The molecular weight excluding hydrogens is 393 g/mol. The van der Waals surface area contributed by atoms with Crippen molar-refractivity contribution in [1.29, 1.82) is 0 Å². The summed E-state index contributed by atoms with van der Waals surface area (Å²) in [5.41, 5.74) is 1.48. The zero-order chi connectivity index (χ0) is 14.5. The number of halogens is 2. The molecule has 0 unspecified atom stereocenters. The Labute approximate surface area is 135 Å². The van der Waals surface area contributed by atoms with E-state index in [1.165, 1.54) is 6.26 Å². The highest BCUT2D eigenvalue weighted by Crippen LogP contribution is 2.19. The third-order valence-electron chi connectivity index (χ3n) is 2.84. The fourth-order valence-corrected chi connectivity index (χ4v) is 2.45. The first kappa shape index (κ1) is 15.3. The highest BCUT2D eigenvalue weighted by molar-refractivity contribution is 14.1. The van der Waals surface area contributed by atoms with Gasteiger partial charge in [0.05, 0.1) is 17.9 Å². The van der Waals surface area contributed by atoms with Gasteiger partial charge in [0.15, 0.2) is 3.77 Å². The molecule has 2 aromatic rings. The normalized spacial score (nSPS) is 12.2. The molecule has 1 aromatic heterocycles. The van der Waals surface area contributed by atoms with Crippen molar-refractivity contribution in [3.8, 4) is 0 Å². The maximum absolute atomic E-state index is 12.0. The number of ether oxygens (including phenoxy) is 1. The van der Waals surface area contributed by atoms with Crippen molar-refractivity contribution < 1.29 is 13.9 Å². The molecule has 6 heteroatoms. The average molecular weight is 406 g/mol. The minimum atomic E-state index is -0.222. The van der Waals surface area contributed by atoms with E-state index in [1.807, 2.05) is 34.7 Å². The van der Waals surface area contributed by atoms with Gasteiger partial charge in [-0.15, -0.1) is 0 Å². The first-order valence-corrected chi connectivity index (χ1v) is 7.37. The Bertz CT molecular complexity index is 582. The molecule has 0 saturated carbocycles. The summed E-state index contributed by atoms with van der Waals surface area (Å²) in [5.74, 6) is -0.181. The number of methoxy groups -OCH3 is 1. The van der Waals surface area contributed by atoms with Gasteiger partial charge in [-0.3, -0.25) is 4.79 Å². The van der Waals surface area contributed by atoms with E-state index >= 15 is 0 Å². The fourth-order valence-electron chi connectivity index (χ4n) is 1.75. The Hall–Kier alpha value is -1.05. The van der Waals surface area contributed by atoms with E-state index in [2.05, 4.69) is 5.32 Å². The molecule has 1 atom stereocenters. The van der Waals surface area contributed by atoms with E-state index < -0.39 is 0 Å². The molecule has 0 radical (unpaired) electrons. The van der Waals surface area contributed by atoms with Crippen LogP contribution in [0.5, 0.6) is 0 Å². The Morgan fingerprint density at radius 3 is 2.65 bits per heavy atom. The van der Waals surface area contributed by atoms with Crippen molar-refractivity contribution in [2.75, 3.05) is 13.7 Å². The van der Waals surface area contributed by atoms with E-state index in [-0.39, 0.29) is 12.0 Å². The smallest absolute Gasteiger partial charge is 0.255 e. The summed E-state index contributed by atoms with van der Waals surface area (Å²) in [7, 11) is 1.60. The van der Waals surface area contributed by atoms with Crippen LogP contribution in [0.3, 0.4) is 0 Å². The van der Waals surface area contributed by atoms with Crippen LogP contribution in [-0.4, -0.2) is 19.6 Å². The van der Waals surface area contributed by atoms with Crippen molar-refractivity contribution in [1.82, 2.24) is 5.32 Å². The van der Waals surface area contributed by atoms with Crippen LogP contribution in [-0.2, 0) is 4.74 Å². The quantitative estimate of drug-likeness (QED) is 0.773. The lowest BCUT2D eigenvalue weighted by Gasteiger charge is -2.16. The van der Waals surface area contributed by atoms with E-state index in [4.69, 9.17) is 20.8 Å². The van der Waals surface area contributed by atoms with Gasteiger partial charge in [0, 0.05) is 41.3 Å². The van der Waals surface area contributed by atoms with Crippen LogP contribution in [0.2, 0.25) is 5.02 Å². The monoisotopic (exact) mass is 405 g/mol. The Morgan fingerprint density at radius 2 is 2.10 bits per heavy atom. The molecule has 4 nitrogen and oxygen atoms in total. The minimum absolute atomic E-state index is 0.181. The van der Waals surface area contributed by atoms with Crippen LogP contribution in [0.1, 0.15) is 22.0 Å². The largest absolute Gasteiger partial charge is 0.458 e. The molecule has 1 N–H and O–H groups in total. The topological polar surface area (TPSA) is 51.5 Å². The summed E-state index contributed by atoms with van der Waals surface area (Å²) in [6.07, 6.45) is 1.27. The lowest BCUT2D eigenvalue weighted by atomic mass is 10.1. The lowest BCUT2D eigenvalue weighted by molar-refractivity contribution is 0.0826. The second kappa shape index (κ2) is 7.10. The SMILES string of the molecule is CO[C@H](CNC(=O)c1ccoc1I)c1ccc(Cl)cc1. The minimum Gasteiger partial charge on any atom is -0.458 e. The second-order valence-corrected chi connectivity index (χ2v) is 5.51. The summed E-state index contributed by atoms with van der Waals surface area (Å²) >= 11 is 7.83. The maximum Gasteiger partial charge on any atom is 0.255 e. The number of benzene rings is 1. The first-order valence-electron chi connectivity index (χ1n) is 5.91. The van der Waals surface area contributed by atoms with Gasteiger partial charge in [-0.25, -0.2) is 0 Å². The Balaban J connectivity index is 1.99. The molecule has 0 saturated heterocycles. The third kappa shape index (κ3) is 3.74. The molecule has 0 aliphatic carbocycles. The first-order chi connectivity index (χ1) is 9.61. The summed E-state index contributed by atoms with van der Waals surface area (Å²) in [5, 5.41) is 3.50. The van der Waals surface area contributed by atoms with E-state index in [1.54, 1.807) is 25.3 Å². The van der Waals surface area contributed by atoms with Crippen LogP contribution in [0.25, 0.3) is 0 Å². The summed E-state index contributed by atoms with van der Waals surface area (Å²) < 4.78 is 11.1. The molecular formula is C14H13ClINO3. The van der Waals surface area contributed by atoms with Gasteiger partial charge in [0.2, 0.25) is 0 Å². The van der Waals surface area contributed by atoms with Gasteiger partial charge in [0.1, 0.15) is 0 Å². The lowest BCUT2D eigenvalue weighted by Crippen LogP contribution is -2.29. The molecule has 0 aliphatic rings. The standard InChI is InChI=1S/C14H13ClINO3/c1-19-12(9-2-4-10(15)5-3-9)8-17-14(18)11-6-7-20-13(11)16/h2-7,12H,8H2,1H3,(H,17,18)/t12-/m1/s1. The van der Waals surface area contributed by atoms with Crippen molar-refractivity contribution in [2.45, 2.75) is 6.10 Å². The van der Waals surface area contributed by atoms with Gasteiger partial charge in [0.25, 0.3) is 5.91 Å². The number of furan rings is 1. The van der Waals surface area contributed by atoms with Crippen LogP contribution in [0, 0.1) is 3.77 Å². The second-order valence-electron chi connectivity index (χ2n) is 4.09. The van der Waals surface area contributed by atoms with Crippen molar-refractivity contribution in [3.63, 3.8) is 0 Å². The van der Waals surface area contributed by atoms with E-state index in [0.717, 1.165) is 5.56 Å². The predicted octanol–water partition coefficient (Wildman–Crippen LogP) is 3.66. The van der Waals surface area contributed by atoms with Crippen LogP contribution < -0.4 is 5.32 Å². The molecule has 2 rings (SSSR count). The van der Waals surface area contributed by atoms with Gasteiger partial charge >= 0.3 is 0 Å². The molecule has 0 spiro atoms. The zero-order valence-electron chi connectivity index (χ0n) is 10.7. The molecule has 106 valence electrons. The molecule has 1 amide bonds. The van der Waals surface area contributed by atoms with Crippen molar-refractivity contribution in [3.05, 3.63) is 56.5 Å². The van der Waals surface area contributed by atoms with Gasteiger partial charge in [-0.1, -0.05) is 23.7 Å². The summed E-state index contributed by atoms with van der Waals surface area (Å²) in [6.45, 7) is 0.373. The maximum atomic E-state index is 12.0. The molecule has 1 heterocycles. The molecule has 0 bridgehead atoms. The number of hydrogen-bond donors (Lipinski definition) is 1. The highest BCUT2D eigenvalue weighted by Gasteiger charge is 2.16. The fraction of sp³-hybridized carbons (Fsp3) is 0.214.